The molecule has 3 aromatic rings. The molecule has 0 atom stereocenters. The predicted molar refractivity (Wildman–Crippen MR) is 101 cm³/mol. The van der Waals surface area contributed by atoms with Gasteiger partial charge in [0.15, 0.2) is 6.61 Å². The Morgan fingerprint density at radius 2 is 1.89 bits per heavy atom. The van der Waals surface area contributed by atoms with Gasteiger partial charge in [-0.3, -0.25) is 9.78 Å². The molecule has 0 saturated heterocycles. The van der Waals surface area contributed by atoms with Gasteiger partial charge < -0.3 is 14.8 Å². The molecule has 7 heteroatoms. The van der Waals surface area contributed by atoms with Crippen molar-refractivity contribution in [3.8, 4) is 11.5 Å². The minimum Gasteiger partial charge on any atom is -0.455 e. The number of pyridine rings is 1. The van der Waals surface area contributed by atoms with Gasteiger partial charge >= 0.3 is 5.97 Å². The number of carbonyl (C=O) groups excluding carboxylic acids is 2. The second kappa shape index (κ2) is 8.82. The Morgan fingerprint density at radius 1 is 1.04 bits per heavy atom. The Labute approximate surface area is 160 Å². The van der Waals surface area contributed by atoms with Crippen LogP contribution in [-0.4, -0.2) is 23.5 Å². The number of para-hydroxylation sites is 1. The Hall–Kier alpha value is -3.38. The van der Waals surface area contributed by atoms with Crippen molar-refractivity contribution < 1.29 is 19.1 Å². The lowest BCUT2D eigenvalue weighted by Crippen LogP contribution is -2.21. The van der Waals surface area contributed by atoms with Gasteiger partial charge in [0.25, 0.3) is 5.91 Å². The van der Waals surface area contributed by atoms with Crippen molar-refractivity contribution in [3.05, 3.63) is 83.6 Å². The molecule has 0 fully saturated rings. The molecule has 0 radical (unpaired) electrons. The molecule has 0 saturated carbocycles. The fourth-order valence-corrected chi connectivity index (χ4v) is 2.42. The van der Waals surface area contributed by atoms with Crippen molar-refractivity contribution in [2.24, 2.45) is 0 Å². The van der Waals surface area contributed by atoms with E-state index in [1.807, 2.05) is 0 Å². The third-order valence-corrected chi connectivity index (χ3v) is 3.65. The molecular weight excluding hydrogens is 368 g/mol. The van der Waals surface area contributed by atoms with Gasteiger partial charge in [0.05, 0.1) is 6.20 Å². The van der Waals surface area contributed by atoms with E-state index in [0.29, 0.717) is 22.2 Å². The highest BCUT2D eigenvalue weighted by Gasteiger charge is 2.16. The van der Waals surface area contributed by atoms with Gasteiger partial charge in [-0.2, -0.15) is 0 Å². The normalized spacial score (nSPS) is 10.1. The van der Waals surface area contributed by atoms with Crippen LogP contribution in [0.3, 0.4) is 0 Å². The topological polar surface area (TPSA) is 77.5 Å². The van der Waals surface area contributed by atoms with Gasteiger partial charge in [-0.05, 0) is 42.5 Å². The average molecular weight is 383 g/mol. The van der Waals surface area contributed by atoms with Gasteiger partial charge in [-0.25, -0.2) is 4.79 Å². The number of nitrogens with zero attached hydrogens (tertiary/aromatic N) is 1. The van der Waals surface area contributed by atoms with Crippen LogP contribution < -0.4 is 10.1 Å². The minimum atomic E-state index is -0.671. The van der Waals surface area contributed by atoms with Crippen LogP contribution in [0.5, 0.6) is 11.5 Å². The first-order valence-corrected chi connectivity index (χ1v) is 8.39. The molecule has 1 heterocycles. The van der Waals surface area contributed by atoms with E-state index < -0.39 is 18.5 Å². The van der Waals surface area contributed by atoms with Crippen molar-refractivity contribution in [3.63, 3.8) is 0 Å². The summed E-state index contributed by atoms with van der Waals surface area (Å²) in [6.07, 6.45) is 3.14. The lowest BCUT2D eigenvalue weighted by atomic mass is 10.2. The first-order valence-electron chi connectivity index (χ1n) is 8.01. The van der Waals surface area contributed by atoms with Crippen molar-refractivity contribution in [2.75, 3.05) is 11.9 Å². The van der Waals surface area contributed by atoms with E-state index in [4.69, 9.17) is 21.1 Å². The number of halogens is 1. The quantitative estimate of drug-likeness (QED) is 0.642. The van der Waals surface area contributed by atoms with E-state index in [9.17, 15) is 9.59 Å². The first kappa shape index (κ1) is 18.4. The van der Waals surface area contributed by atoms with Crippen LogP contribution in [0.2, 0.25) is 5.02 Å². The highest BCUT2D eigenvalue weighted by molar-refractivity contribution is 6.30. The summed E-state index contributed by atoms with van der Waals surface area (Å²) < 4.78 is 10.8. The number of hydrogen-bond donors (Lipinski definition) is 1. The number of anilines is 1. The number of hydrogen-bond acceptors (Lipinski definition) is 5. The summed E-state index contributed by atoms with van der Waals surface area (Å²) in [6.45, 7) is -0.438. The second-order valence-electron chi connectivity index (χ2n) is 5.42. The van der Waals surface area contributed by atoms with E-state index in [0.717, 1.165) is 0 Å². The molecule has 0 spiro atoms. The molecule has 136 valence electrons. The second-order valence-corrected chi connectivity index (χ2v) is 5.86. The van der Waals surface area contributed by atoms with E-state index in [-0.39, 0.29) is 5.56 Å². The summed E-state index contributed by atoms with van der Waals surface area (Å²) in [4.78, 5) is 28.3. The van der Waals surface area contributed by atoms with Crippen molar-refractivity contribution >= 4 is 29.2 Å². The maximum Gasteiger partial charge on any atom is 0.342 e. The Bertz CT molecular complexity index is 947. The zero-order valence-corrected chi connectivity index (χ0v) is 14.8. The van der Waals surface area contributed by atoms with Gasteiger partial charge in [-0.1, -0.05) is 29.8 Å². The summed E-state index contributed by atoms with van der Waals surface area (Å²) in [5, 5.41) is 3.10. The minimum absolute atomic E-state index is 0.205. The van der Waals surface area contributed by atoms with Crippen LogP contribution in [0.1, 0.15) is 10.4 Å². The first-order chi connectivity index (χ1) is 13.1. The SMILES string of the molecule is O=C(COC(=O)c1ccccc1Oc1cccnc1)Nc1cccc(Cl)c1. The third-order valence-electron chi connectivity index (χ3n) is 3.41. The molecule has 1 amide bonds. The van der Waals surface area contributed by atoms with Crippen molar-refractivity contribution in [1.29, 1.82) is 0 Å². The Kier molecular flexibility index (Phi) is 6.02. The molecule has 27 heavy (non-hydrogen) atoms. The maximum absolute atomic E-state index is 12.3. The van der Waals surface area contributed by atoms with Gasteiger partial charge in [0.2, 0.25) is 0 Å². The van der Waals surface area contributed by atoms with E-state index >= 15 is 0 Å². The number of amides is 1. The molecular formula is C20H15ClN2O4. The number of nitrogens with one attached hydrogen (secondary N) is 1. The number of aromatic nitrogens is 1. The Morgan fingerprint density at radius 3 is 2.67 bits per heavy atom. The summed E-state index contributed by atoms with van der Waals surface area (Å²) in [7, 11) is 0. The highest BCUT2D eigenvalue weighted by atomic mass is 35.5. The molecule has 3 rings (SSSR count). The van der Waals surface area contributed by atoms with Crippen LogP contribution in [0.4, 0.5) is 5.69 Å². The van der Waals surface area contributed by atoms with Crippen LogP contribution in [-0.2, 0) is 9.53 Å². The monoisotopic (exact) mass is 382 g/mol. The molecule has 0 aliphatic carbocycles. The number of carbonyl (C=O) groups is 2. The molecule has 6 nitrogen and oxygen atoms in total. The molecule has 0 bridgehead atoms. The van der Waals surface area contributed by atoms with Gasteiger partial charge in [-0.15, -0.1) is 0 Å². The summed E-state index contributed by atoms with van der Waals surface area (Å²) in [5.74, 6) is -0.353. The number of ether oxygens (including phenoxy) is 2. The zero-order chi connectivity index (χ0) is 19.1. The van der Waals surface area contributed by atoms with Gasteiger partial charge in [0.1, 0.15) is 17.1 Å². The lowest BCUT2D eigenvalue weighted by Gasteiger charge is -2.11. The molecule has 0 unspecified atom stereocenters. The molecule has 1 aromatic heterocycles. The van der Waals surface area contributed by atoms with Crippen LogP contribution in [0.25, 0.3) is 0 Å². The molecule has 1 N–H and O–H groups in total. The van der Waals surface area contributed by atoms with E-state index in [2.05, 4.69) is 10.3 Å². The van der Waals surface area contributed by atoms with Crippen molar-refractivity contribution in [1.82, 2.24) is 4.98 Å². The van der Waals surface area contributed by atoms with Crippen molar-refractivity contribution in [2.45, 2.75) is 0 Å². The van der Waals surface area contributed by atoms with E-state index in [1.165, 1.54) is 6.20 Å². The molecule has 2 aromatic carbocycles. The molecule has 0 aliphatic rings. The van der Waals surface area contributed by atoms with Crippen LogP contribution >= 0.6 is 11.6 Å². The largest absolute Gasteiger partial charge is 0.455 e. The maximum atomic E-state index is 12.3. The van der Waals surface area contributed by atoms with Crippen LogP contribution in [0, 0.1) is 0 Å². The number of esters is 1. The zero-order valence-electron chi connectivity index (χ0n) is 14.1. The predicted octanol–water partition coefficient (Wildman–Crippen LogP) is 4.32. The smallest absolute Gasteiger partial charge is 0.342 e. The fraction of sp³-hybridized carbons (Fsp3) is 0.0500. The van der Waals surface area contributed by atoms with Crippen LogP contribution in [0.15, 0.2) is 73.1 Å². The lowest BCUT2D eigenvalue weighted by molar-refractivity contribution is -0.119. The third kappa shape index (κ3) is 5.29. The van der Waals surface area contributed by atoms with E-state index in [1.54, 1.807) is 66.9 Å². The summed E-state index contributed by atoms with van der Waals surface area (Å²) in [5.41, 5.74) is 0.723. The van der Waals surface area contributed by atoms with Gasteiger partial charge in [0, 0.05) is 16.9 Å². The number of rotatable bonds is 6. The standard InChI is InChI=1S/C20H15ClN2O4/c21-14-5-3-6-15(11-14)23-19(24)13-26-20(25)17-8-1-2-9-18(17)27-16-7-4-10-22-12-16/h1-12H,13H2,(H,23,24). The fourth-order valence-electron chi connectivity index (χ4n) is 2.23. The summed E-state index contributed by atoms with van der Waals surface area (Å²) in [6, 6.07) is 16.7. The number of benzene rings is 2. The Balaban J connectivity index is 1.62. The molecule has 0 aliphatic heterocycles. The average Bonchev–Trinajstić information content (AvgIpc) is 2.67. The highest BCUT2D eigenvalue weighted by Crippen LogP contribution is 2.25. The summed E-state index contributed by atoms with van der Waals surface area (Å²) >= 11 is 5.86.